The van der Waals surface area contributed by atoms with Gasteiger partial charge in [-0.1, -0.05) is 42.5 Å². The van der Waals surface area contributed by atoms with Crippen molar-refractivity contribution < 1.29 is 10.0 Å². The first-order chi connectivity index (χ1) is 10.6. The van der Waals surface area contributed by atoms with Crippen LogP contribution in [-0.2, 0) is 13.0 Å². The fraction of sp³-hybridized carbons (Fsp3) is 0.294. The highest BCUT2D eigenvalue weighted by Crippen LogP contribution is 2.13. The summed E-state index contributed by atoms with van der Waals surface area (Å²) in [6.45, 7) is 2.39. The van der Waals surface area contributed by atoms with E-state index in [-0.39, 0.29) is 11.7 Å². The third-order valence-corrected chi connectivity index (χ3v) is 3.61. The molecule has 0 aliphatic rings. The van der Waals surface area contributed by atoms with Gasteiger partial charge < -0.3 is 10.4 Å². The Hall–Kier alpha value is -2.24. The van der Waals surface area contributed by atoms with E-state index in [4.69, 9.17) is 0 Å². The minimum absolute atomic E-state index is 0.0804. The molecule has 2 aromatic rings. The summed E-state index contributed by atoms with van der Waals surface area (Å²) in [5, 5.41) is 24.2. The van der Waals surface area contributed by atoms with Crippen molar-refractivity contribution in [3.63, 3.8) is 0 Å². The second kappa shape index (κ2) is 7.68. The number of nitro benzene ring substituents is 1. The minimum Gasteiger partial charge on any atom is -0.391 e. The first kappa shape index (κ1) is 16.1. The Morgan fingerprint density at radius 1 is 1.14 bits per heavy atom. The van der Waals surface area contributed by atoms with E-state index in [2.05, 4.69) is 5.32 Å². The lowest BCUT2D eigenvalue weighted by Gasteiger charge is -2.20. The average molecular weight is 300 g/mol. The molecule has 2 N–H and O–H groups in total. The molecule has 2 aromatic carbocycles. The van der Waals surface area contributed by atoms with Gasteiger partial charge in [0.05, 0.1) is 11.0 Å². The van der Waals surface area contributed by atoms with Gasteiger partial charge in [-0.3, -0.25) is 10.1 Å². The number of non-ortho nitro benzene ring substituents is 1. The lowest BCUT2D eigenvalue weighted by atomic mass is 10.0. The van der Waals surface area contributed by atoms with E-state index in [1.807, 2.05) is 43.3 Å². The van der Waals surface area contributed by atoms with E-state index < -0.39 is 11.0 Å². The predicted molar refractivity (Wildman–Crippen MR) is 85.6 cm³/mol. The molecule has 0 amide bonds. The van der Waals surface area contributed by atoms with Crippen LogP contribution in [0.25, 0.3) is 0 Å². The smallest absolute Gasteiger partial charge is 0.269 e. The third kappa shape index (κ3) is 4.65. The SMILES string of the molecule is CC(NCc1cccc([N+](=O)[O-])c1)C(O)Cc1ccccc1. The second-order valence-electron chi connectivity index (χ2n) is 5.35. The van der Waals surface area contributed by atoms with E-state index in [0.717, 1.165) is 11.1 Å². The Kier molecular flexibility index (Phi) is 5.63. The maximum absolute atomic E-state index is 10.7. The molecule has 116 valence electrons. The van der Waals surface area contributed by atoms with Crippen LogP contribution in [0.15, 0.2) is 54.6 Å². The van der Waals surface area contributed by atoms with Gasteiger partial charge in [0, 0.05) is 24.7 Å². The summed E-state index contributed by atoms with van der Waals surface area (Å²) in [6.07, 6.45) is 0.0605. The zero-order chi connectivity index (χ0) is 15.9. The van der Waals surface area contributed by atoms with Gasteiger partial charge in [0.15, 0.2) is 0 Å². The summed E-state index contributed by atoms with van der Waals surface area (Å²) in [6, 6.07) is 16.2. The Bertz CT molecular complexity index is 616. The largest absolute Gasteiger partial charge is 0.391 e. The fourth-order valence-electron chi connectivity index (χ4n) is 2.23. The van der Waals surface area contributed by atoms with Crippen LogP contribution >= 0.6 is 0 Å². The summed E-state index contributed by atoms with van der Waals surface area (Å²) in [5.41, 5.74) is 1.99. The van der Waals surface area contributed by atoms with E-state index in [1.165, 1.54) is 6.07 Å². The molecule has 0 aromatic heterocycles. The first-order valence-electron chi connectivity index (χ1n) is 7.25. The number of aliphatic hydroxyl groups is 1. The predicted octanol–water partition coefficient (Wildman–Crippen LogP) is 2.68. The Morgan fingerprint density at radius 2 is 1.82 bits per heavy atom. The van der Waals surface area contributed by atoms with Crippen LogP contribution in [0.1, 0.15) is 18.1 Å². The number of nitro groups is 1. The molecule has 22 heavy (non-hydrogen) atoms. The number of hydrogen-bond acceptors (Lipinski definition) is 4. The number of rotatable bonds is 7. The van der Waals surface area contributed by atoms with E-state index in [0.29, 0.717) is 13.0 Å². The van der Waals surface area contributed by atoms with E-state index in [9.17, 15) is 15.2 Å². The van der Waals surface area contributed by atoms with Gasteiger partial charge in [-0.15, -0.1) is 0 Å². The molecule has 0 bridgehead atoms. The van der Waals surface area contributed by atoms with Gasteiger partial charge >= 0.3 is 0 Å². The first-order valence-corrected chi connectivity index (χ1v) is 7.25. The summed E-state index contributed by atoms with van der Waals surface area (Å²) in [4.78, 5) is 10.3. The van der Waals surface area contributed by atoms with Crippen molar-refractivity contribution in [2.24, 2.45) is 0 Å². The van der Waals surface area contributed by atoms with Crippen molar-refractivity contribution >= 4 is 5.69 Å². The van der Waals surface area contributed by atoms with Crippen LogP contribution in [0, 0.1) is 10.1 Å². The lowest BCUT2D eigenvalue weighted by Crippen LogP contribution is -2.38. The molecule has 0 heterocycles. The van der Waals surface area contributed by atoms with Gasteiger partial charge in [0.1, 0.15) is 0 Å². The molecule has 5 heteroatoms. The van der Waals surface area contributed by atoms with Crippen molar-refractivity contribution in [3.8, 4) is 0 Å². The molecule has 0 radical (unpaired) electrons. The number of nitrogens with one attached hydrogen (secondary N) is 1. The van der Waals surface area contributed by atoms with Crippen molar-refractivity contribution in [2.75, 3.05) is 0 Å². The summed E-state index contributed by atoms with van der Waals surface area (Å²) in [7, 11) is 0. The van der Waals surface area contributed by atoms with Crippen LogP contribution < -0.4 is 5.32 Å². The van der Waals surface area contributed by atoms with Crippen molar-refractivity contribution in [2.45, 2.75) is 32.0 Å². The van der Waals surface area contributed by atoms with Crippen LogP contribution in [0.2, 0.25) is 0 Å². The van der Waals surface area contributed by atoms with Crippen molar-refractivity contribution in [1.82, 2.24) is 5.32 Å². The van der Waals surface area contributed by atoms with E-state index in [1.54, 1.807) is 12.1 Å². The third-order valence-electron chi connectivity index (χ3n) is 3.61. The zero-order valence-corrected chi connectivity index (χ0v) is 12.5. The van der Waals surface area contributed by atoms with Gasteiger partial charge in [0.2, 0.25) is 0 Å². The zero-order valence-electron chi connectivity index (χ0n) is 12.5. The quantitative estimate of drug-likeness (QED) is 0.609. The van der Waals surface area contributed by atoms with Crippen molar-refractivity contribution in [3.05, 3.63) is 75.8 Å². The lowest BCUT2D eigenvalue weighted by molar-refractivity contribution is -0.384. The molecule has 2 rings (SSSR count). The average Bonchev–Trinajstić information content (AvgIpc) is 2.53. The Labute approximate surface area is 129 Å². The Morgan fingerprint density at radius 3 is 2.50 bits per heavy atom. The van der Waals surface area contributed by atoms with Crippen molar-refractivity contribution in [1.29, 1.82) is 0 Å². The highest BCUT2D eigenvalue weighted by Gasteiger charge is 2.14. The number of benzene rings is 2. The molecule has 0 fully saturated rings. The number of hydrogen-bond donors (Lipinski definition) is 2. The topological polar surface area (TPSA) is 75.4 Å². The summed E-state index contributed by atoms with van der Waals surface area (Å²) >= 11 is 0. The number of aliphatic hydroxyl groups excluding tert-OH is 1. The molecule has 0 saturated heterocycles. The van der Waals surface area contributed by atoms with Crippen LogP contribution in [0.4, 0.5) is 5.69 Å². The monoisotopic (exact) mass is 300 g/mol. The van der Waals surface area contributed by atoms with Gasteiger partial charge in [-0.05, 0) is 24.5 Å². The maximum atomic E-state index is 10.7. The molecule has 0 aliphatic heterocycles. The maximum Gasteiger partial charge on any atom is 0.269 e. The van der Waals surface area contributed by atoms with Gasteiger partial charge in [0.25, 0.3) is 5.69 Å². The molecule has 2 unspecified atom stereocenters. The Balaban J connectivity index is 1.88. The summed E-state index contributed by atoms with van der Waals surface area (Å²) < 4.78 is 0. The standard InChI is InChI=1S/C17H20N2O3/c1-13(17(20)11-14-6-3-2-4-7-14)18-12-15-8-5-9-16(10-15)19(21)22/h2-10,13,17-18,20H,11-12H2,1H3. The highest BCUT2D eigenvalue weighted by atomic mass is 16.6. The second-order valence-corrected chi connectivity index (χ2v) is 5.35. The molecule has 2 atom stereocenters. The number of nitrogens with zero attached hydrogens (tertiary/aromatic N) is 1. The molecular formula is C17H20N2O3. The minimum atomic E-state index is -0.513. The molecule has 0 aliphatic carbocycles. The van der Waals surface area contributed by atoms with Gasteiger partial charge in [-0.25, -0.2) is 0 Å². The van der Waals surface area contributed by atoms with Crippen LogP contribution in [0.3, 0.4) is 0 Å². The molecule has 0 saturated carbocycles. The van der Waals surface area contributed by atoms with Gasteiger partial charge in [-0.2, -0.15) is 0 Å². The molecule has 0 spiro atoms. The van der Waals surface area contributed by atoms with E-state index >= 15 is 0 Å². The van der Waals surface area contributed by atoms with Crippen LogP contribution in [-0.4, -0.2) is 22.2 Å². The normalized spacial score (nSPS) is 13.5. The summed E-state index contributed by atoms with van der Waals surface area (Å²) in [5.74, 6) is 0. The highest BCUT2D eigenvalue weighted by molar-refractivity contribution is 5.34. The molecular weight excluding hydrogens is 280 g/mol. The van der Waals surface area contributed by atoms with Crippen LogP contribution in [0.5, 0.6) is 0 Å². The fourth-order valence-corrected chi connectivity index (χ4v) is 2.23. The molecule has 5 nitrogen and oxygen atoms in total.